The van der Waals surface area contributed by atoms with Gasteiger partial charge < -0.3 is 24.6 Å². The van der Waals surface area contributed by atoms with Gasteiger partial charge in [-0.2, -0.15) is 5.10 Å². The lowest BCUT2D eigenvalue weighted by Crippen LogP contribution is -2.54. The molecule has 3 aliphatic rings. The number of anilines is 2. The Balaban J connectivity index is 1.50. The second-order valence-electron chi connectivity index (χ2n) is 10.0. The smallest absolute Gasteiger partial charge is 0.150 e. The van der Waals surface area contributed by atoms with Crippen LogP contribution in [0.25, 0.3) is 22.3 Å². The fourth-order valence-electron chi connectivity index (χ4n) is 5.70. The molecule has 3 fully saturated rings. The monoisotopic (exact) mass is 477 g/mol. The second-order valence-corrected chi connectivity index (χ2v) is 10.0. The van der Waals surface area contributed by atoms with Crippen molar-refractivity contribution in [3.05, 3.63) is 30.6 Å². The number of fused-ring (bicyclic) bond motifs is 1. The number of aromatic nitrogens is 4. The van der Waals surface area contributed by atoms with Gasteiger partial charge in [0.2, 0.25) is 0 Å². The first-order chi connectivity index (χ1) is 17.2. The van der Waals surface area contributed by atoms with Gasteiger partial charge in [0.1, 0.15) is 17.0 Å². The van der Waals surface area contributed by atoms with E-state index in [9.17, 15) is 0 Å². The highest BCUT2D eigenvalue weighted by Gasteiger charge is 2.27. The zero-order valence-corrected chi connectivity index (χ0v) is 20.7. The van der Waals surface area contributed by atoms with E-state index < -0.39 is 0 Å². The van der Waals surface area contributed by atoms with Gasteiger partial charge in [-0.1, -0.05) is 0 Å². The summed E-state index contributed by atoms with van der Waals surface area (Å²) in [5.41, 5.74) is 3.96. The van der Waals surface area contributed by atoms with Crippen LogP contribution in [0.3, 0.4) is 0 Å². The number of piperazine rings is 1. The summed E-state index contributed by atoms with van der Waals surface area (Å²) in [4.78, 5) is 14.9. The molecule has 0 spiro atoms. The van der Waals surface area contributed by atoms with Crippen LogP contribution >= 0.6 is 0 Å². The van der Waals surface area contributed by atoms with Gasteiger partial charge in [0, 0.05) is 68.7 Å². The molecule has 186 valence electrons. The molecule has 9 nitrogen and oxygen atoms in total. The molecule has 0 aliphatic carbocycles. The Hall–Kier alpha value is -2.75. The number of nitrogens with zero attached hydrogens (tertiary/aromatic N) is 6. The van der Waals surface area contributed by atoms with E-state index in [1.54, 1.807) is 0 Å². The van der Waals surface area contributed by atoms with Crippen molar-refractivity contribution >= 4 is 22.4 Å². The molecule has 3 aromatic heterocycles. The normalized spacial score (nSPS) is 25.8. The lowest BCUT2D eigenvalue weighted by molar-refractivity contribution is -0.0383. The molecule has 3 saturated heterocycles. The predicted octanol–water partition coefficient (Wildman–Crippen LogP) is 3.22. The summed E-state index contributed by atoms with van der Waals surface area (Å²) in [7, 11) is 0. The van der Waals surface area contributed by atoms with Crippen LogP contribution < -0.4 is 15.1 Å². The number of hydrogen-bond acceptors (Lipinski definition) is 8. The van der Waals surface area contributed by atoms with Gasteiger partial charge in [-0.25, -0.2) is 9.67 Å². The summed E-state index contributed by atoms with van der Waals surface area (Å²) >= 11 is 0. The molecular weight excluding hydrogens is 442 g/mol. The molecule has 3 aliphatic heterocycles. The third-order valence-corrected chi connectivity index (χ3v) is 7.27. The van der Waals surface area contributed by atoms with E-state index in [4.69, 9.17) is 19.4 Å². The lowest BCUT2D eigenvalue weighted by Gasteiger charge is -2.39. The van der Waals surface area contributed by atoms with Gasteiger partial charge in [-0.3, -0.25) is 4.98 Å². The summed E-state index contributed by atoms with van der Waals surface area (Å²) in [6.45, 7) is 10.3. The van der Waals surface area contributed by atoms with Crippen molar-refractivity contribution < 1.29 is 9.47 Å². The quantitative estimate of drug-likeness (QED) is 0.614. The lowest BCUT2D eigenvalue weighted by atomic mass is 10.1. The molecule has 0 aromatic carbocycles. The molecule has 6 heterocycles. The van der Waals surface area contributed by atoms with Crippen molar-refractivity contribution in [1.82, 2.24) is 25.1 Å². The number of ether oxygens (including phenoxy) is 2. The number of morpholine rings is 1. The summed E-state index contributed by atoms with van der Waals surface area (Å²) in [5, 5.41) is 9.44. The molecule has 3 aromatic rings. The Bertz CT molecular complexity index is 1160. The van der Waals surface area contributed by atoms with Crippen LogP contribution in [0.4, 0.5) is 11.5 Å². The van der Waals surface area contributed by atoms with Crippen LogP contribution in [0.1, 0.15) is 39.3 Å². The van der Waals surface area contributed by atoms with E-state index in [0.29, 0.717) is 12.1 Å². The first kappa shape index (κ1) is 22.7. The van der Waals surface area contributed by atoms with Crippen LogP contribution in [-0.4, -0.2) is 77.8 Å². The molecule has 6 rings (SSSR count). The average molecular weight is 478 g/mol. The van der Waals surface area contributed by atoms with Gasteiger partial charge >= 0.3 is 0 Å². The van der Waals surface area contributed by atoms with Crippen molar-refractivity contribution in [3.63, 3.8) is 0 Å². The van der Waals surface area contributed by atoms with Crippen molar-refractivity contribution in [2.45, 2.75) is 51.4 Å². The zero-order valence-electron chi connectivity index (χ0n) is 20.7. The van der Waals surface area contributed by atoms with Crippen LogP contribution in [0.2, 0.25) is 0 Å². The highest BCUT2D eigenvalue weighted by atomic mass is 16.5. The fraction of sp³-hybridized carbons (Fsp3) is 0.577. The standard InChI is InChI=1S/C26H35N7O2/c1-18-16-32(17-19(2)29-18)22-15-23(31-10-13-34-14-11-31)30-25-20(22)6-8-27-26(25)21-7-9-28-33(21)24-5-3-4-12-35-24/h6-9,15,18-19,24,29H,3-5,10-14,16-17H2,1-2H3. The van der Waals surface area contributed by atoms with Crippen molar-refractivity contribution in [2.24, 2.45) is 0 Å². The third-order valence-electron chi connectivity index (χ3n) is 7.27. The Morgan fingerprint density at radius 2 is 1.80 bits per heavy atom. The van der Waals surface area contributed by atoms with Crippen molar-refractivity contribution in [3.8, 4) is 11.4 Å². The summed E-state index contributed by atoms with van der Waals surface area (Å²) in [6, 6.07) is 7.25. The summed E-state index contributed by atoms with van der Waals surface area (Å²) < 4.78 is 13.7. The van der Waals surface area contributed by atoms with Crippen LogP contribution in [0, 0.1) is 0 Å². The predicted molar refractivity (Wildman–Crippen MR) is 137 cm³/mol. The Morgan fingerprint density at radius 3 is 2.57 bits per heavy atom. The summed E-state index contributed by atoms with van der Waals surface area (Å²) in [6.07, 6.45) is 6.92. The zero-order chi connectivity index (χ0) is 23.8. The van der Waals surface area contributed by atoms with E-state index in [0.717, 1.165) is 93.4 Å². The molecule has 3 atom stereocenters. The van der Waals surface area contributed by atoms with Gasteiger partial charge in [-0.15, -0.1) is 0 Å². The van der Waals surface area contributed by atoms with Gasteiger partial charge in [0.15, 0.2) is 6.23 Å². The Labute approximate surface area is 206 Å². The highest BCUT2D eigenvalue weighted by molar-refractivity contribution is 6.00. The highest BCUT2D eigenvalue weighted by Crippen LogP contribution is 2.37. The largest absolute Gasteiger partial charge is 0.378 e. The maximum absolute atomic E-state index is 6.07. The van der Waals surface area contributed by atoms with E-state index in [2.05, 4.69) is 46.2 Å². The van der Waals surface area contributed by atoms with Gasteiger partial charge in [0.05, 0.1) is 24.6 Å². The van der Waals surface area contributed by atoms with E-state index in [-0.39, 0.29) is 6.23 Å². The molecule has 0 bridgehead atoms. The molecule has 0 saturated carbocycles. The minimum absolute atomic E-state index is 0.0532. The van der Waals surface area contributed by atoms with Gasteiger partial charge in [-0.05, 0) is 45.2 Å². The van der Waals surface area contributed by atoms with E-state index in [1.165, 1.54) is 5.69 Å². The van der Waals surface area contributed by atoms with E-state index >= 15 is 0 Å². The number of rotatable bonds is 4. The molecule has 35 heavy (non-hydrogen) atoms. The molecule has 1 N–H and O–H groups in total. The molecule has 3 unspecified atom stereocenters. The minimum atomic E-state index is -0.0532. The Morgan fingerprint density at radius 1 is 0.971 bits per heavy atom. The minimum Gasteiger partial charge on any atom is -0.378 e. The van der Waals surface area contributed by atoms with Crippen LogP contribution in [0.15, 0.2) is 30.6 Å². The van der Waals surface area contributed by atoms with Crippen molar-refractivity contribution in [1.29, 1.82) is 0 Å². The molecular formula is C26H35N7O2. The van der Waals surface area contributed by atoms with E-state index in [1.807, 2.05) is 23.1 Å². The average Bonchev–Trinajstić information content (AvgIpc) is 3.38. The third kappa shape index (κ3) is 4.48. The first-order valence-corrected chi connectivity index (χ1v) is 13.0. The Kier molecular flexibility index (Phi) is 6.30. The molecule has 9 heteroatoms. The van der Waals surface area contributed by atoms with Crippen LogP contribution in [0.5, 0.6) is 0 Å². The number of nitrogens with one attached hydrogen (secondary N) is 1. The van der Waals surface area contributed by atoms with Gasteiger partial charge in [0.25, 0.3) is 0 Å². The number of hydrogen-bond donors (Lipinski definition) is 1. The topological polar surface area (TPSA) is 80.6 Å². The van der Waals surface area contributed by atoms with Crippen molar-refractivity contribution in [2.75, 3.05) is 55.8 Å². The molecule has 0 amide bonds. The maximum Gasteiger partial charge on any atom is 0.150 e. The maximum atomic E-state index is 6.07. The SMILES string of the molecule is CC1CN(c2cc(N3CCOCC3)nc3c(-c4ccnn4C4CCCCO4)nccc23)CC(C)N1. The molecule has 0 radical (unpaired) electrons. The van der Waals surface area contributed by atoms with Crippen LogP contribution in [-0.2, 0) is 9.47 Å². The summed E-state index contributed by atoms with van der Waals surface area (Å²) in [5.74, 6) is 0.990. The second kappa shape index (κ2) is 9.72. The number of pyridine rings is 2. The fourth-order valence-corrected chi connectivity index (χ4v) is 5.70. The first-order valence-electron chi connectivity index (χ1n) is 13.0.